The van der Waals surface area contributed by atoms with Crippen LogP contribution >= 0.6 is 23.2 Å². The normalized spacial score (nSPS) is 14.8. The van der Waals surface area contributed by atoms with Gasteiger partial charge >= 0.3 is 6.09 Å². The van der Waals surface area contributed by atoms with Crippen LogP contribution in [0.25, 0.3) is 0 Å². The van der Waals surface area contributed by atoms with Gasteiger partial charge in [0.2, 0.25) is 10.0 Å². The number of hydrogen-bond acceptors (Lipinski definition) is 5. The molecule has 2 aromatic carbocycles. The summed E-state index contributed by atoms with van der Waals surface area (Å²) < 4.78 is 46.5. The van der Waals surface area contributed by atoms with E-state index in [0.29, 0.717) is 5.02 Å². The number of ether oxygens (including phenoxy) is 1. The Morgan fingerprint density at radius 2 is 1.78 bits per heavy atom. The fraction of sp³-hybridized carbons (Fsp3) is 0.300. The molecule has 0 atom stereocenters. The molecular weight excluding hydrogens is 484 g/mol. The first-order valence-corrected chi connectivity index (χ1v) is 11.8. The van der Waals surface area contributed by atoms with Crippen molar-refractivity contribution in [2.75, 3.05) is 38.1 Å². The third-order valence-electron chi connectivity index (χ3n) is 4.77. The molecule has 1 fully saturated rings. The van der Waals surface area contributed by atoms with E-state index in [0.717, 1.165) is 6.07 Å². The summed E-state index contributed by atoms with van der Waals surface area (Å²) in [6.45, 7) is 2.34. The number of sulfonamides is 1. The highest BCUT2D eigenvalue weighted by Gasteiger charge is 2.31. The highest BCUT2D eigenvalue weighted by molar-refractivity contribution is 7.89. The van der Waals surface area contributed by atoms with Crippen LogP contribution in [0, 0.1) is 5.82 Å². The van der Waals surface area contributed by atoms with Crippen LogP contribution in [0.2, 0.25) is 10.0 Å². The van der Waals surface area contributed by atoms with E-state index in [1.165, 1.54) is 39.5 Å². The summed E-state index contributed by atoms with van der Waals surface area (Å²) in [4.78, 5) is 25.3. The molecule has 0 bridgehead atoms. The molecule has 1 heterocycles. The van der Waals surface area contributed by atoms with E-state index < -0.39 is 27.8 Å². The topological polar surface area (TPSA) is 96.0 Å². The van der Waals surface area contributed by atoms with Crippen molar-refractivity contribution in [3.05, 3.63) is 57.8 Å². The molecular formula is C20H20Cl2FN3O5S. The predicted molar refractivity (Wildman–Crippen MR) is 118 cm³/mol. The summed E-state index contributed by atoms with van der Waals surface area (Å²) in [5, 5.41) is 2.80. The number of anilines is 1. The smallest absolute Gasteiger partial charge is 0.409 e. The van der Waals surface area contributed by atoms with Crippen LogP contribution in [0.4, 0.5) is 14.9 Å². The molecule has 1 aliphatic rings. The van der Waals surface area contributed by atoms with Crippen LogP contribution in [-0.4, -0.2) is 62.4 Å². The van der Waals surface area contributed by atoms with E-state index in [1.54, 1.807) is 6.92 Å². The van der Waals surface area contributed by atoms with E-state index >= 15 is 0 Å². The van der Waals surface area contributed by atoms with E-state index in [2.05, 4.69) is 5.32 Å². The van der Waals surface area contributed by atoms with Crippen molar-refractivity contribution in [1.29, 1.82) is 0 Å². The van der Waals surface area contributed by atoms with Crippen LogP contribution < -0.4 is 5.32 Å². The van der Waals surface area contributed by atoms with E-state index in [9.17, 15) is 22.4 Å². The number of rotatable bonds is 5. The summed E-state index contributed by atoms with van der Waals surface area (Å²) in [5.74, 6) is -1.59. The lowest BCUT2D eigenvalue weighted by Gasteiger charge is -2.33. The van der Waals surface area contributed by atoms with Gasteiger partial charge in [0.15, 0.2) is 0 Å². The number of amides is 2. The first kappa shape index (κ1) is 24.2. The summed E-state index contributed by atoms with van der Waals surface area (Å²) in [6.07, 6.45) is -0.503. The highest BCUT2D eigenvalue weighted by atomic mass is 35.5. The van der Waals surface area contributed by atoms with Crippen LogP contribution in [0.15, 0.2) is 41.3 Å². The quantitative estimate of drug-likeness (QED) is 0.668. The van der Waals surface area contributed by atoms with Crippen molar-refractivity contribution in [3.8, 4) is 0 Å². The van der Waals surface area contributed by atoms with Crippen molar-refractivity contribution in [2.24, 2.45) is 0 Å². The van der Waals surface area contributed by atoms with Crippen molar-refractivity contribution in [3.63, 3.8) is 0 Å². The van der Waals surface area contributed by atoms with Gasteiger partial charge in [-0.3, -0.25) is 4.79 Å². The molecule has 0 unspecified atom stereocenters. The first-order valence-electron chi connectivity index (χ1n) is 9.61. The Kier molecular flexibility index (Phi) is 7.60. The number of halogens is 3. The number of benzene rings is 2. The van der Waals surface area contributed by atoms with Crippen molar-refractivity contribution < 1.29 is 27.1 Å². The lowest BCUT2D eigenvalue weighted by molar-refractivity contribution is 0.0933. The maximum atomic E-state index is 14.6. The number of piperazine rings is 1. The number of carbonyl (C=O) groups excluding carboxylic acids is 2. The van der Waals surface area contributed by atoms with Gasteiger partial charge in [-0.15, -0.1) is 0 Å². The molecule has 1 aliphatic heterocycles. The molecule has 12 heteroatoms. The first-order chi connectivity index (χ1) is 15.1. The Labute approximate surface area is 194 Å². The summed E-state index contributed by atoms with van der Waals surface area (Å²) in [7, 11) is -3.99. The Hall–Kier alpha value is -2.40. The van der Waals surface area contributed by atoms with Crippen LogP contribution in [0.1, 0.15) is 17.3 Å². The molecule has 172 valence electrons. The van der Waals surface area contributed by atoms with Crippen LogP contribution in [-0.2, 0) is 14.8 Å². The largest absolute Gasteiger partial charge is 0.450 e. The Morgan fingerprint density at radius 1 is 1.09 bits per heavy atom. The number of hydrogen-bond donors (Lipinski definition) is 1. The predicted octanol–water partition coefficient (Wildman–Crippen LogP) is 3.85. The zero-order chi connectivity index (χ0) is 23.5. The highest BCUT2D eigenvalue weighted by Crippen LogP contribution is 2.25. The molecule has 32 heavy (non-hydrogen) atoms. The fourth-order valence-corrected chi connectivity index (χ4v) is 5.02. The minimum atomic E-state index is -3.99. The SMILES string of the molecule is CCOC(=O)N1CCN(S(=O)(=O)c2ccc(NC(=O)c3ccc(Cl)cc3Cl)c(F)c2)CC1. The molecule has 3 rings (SSSR count). The average molecular weight is 504 g/mol. The van der Waals surface area contributed by atoms with Gasteiger partial charge in [-0.05, 0) is 43.3 Å². The number of carbonyl (C=O) groups is 2. The molecule has 0 radical (unpaired) electrons. The maximum Gasteiger partial charge on any atom is 0.409 e. The summed E-state index contributed by atoms with van der Waals surface area (Å²) in [5.41, 5.74) is -0.112. The lowest BCUT2D eigenvalue weighted by atomic mass is 10.2. The molecule has 1 saturated heterocycles. The Bertz CT molecular complexity index is 1140. The second-order valence-electron chi connectivity index (χ2n) is 6.81. The van der Waals surface area contributed by atoms with Crippen LogP contribution in [0.3, 0.4) is 0 Å². The molecule has 8 nitrogen and oxygen atoms in total. The number of nitrogens with zero attached hydrogens (tertiary/aromatic N) is 2. The second kappa shape index (κ2) is 10.0. The van der Waals surface area contributed by atoms with Gasteiger partial charge in [0.25, 0.3) is 5.91 Å². The van der Waals surface area contributed by atoms with Gasteiger partial charge in [-0.2, -0.15) is 4.31 Å². The third-order valence-corrected chi connectivity index (χ3v) is 7.21. The van der Waals surface area contributed by atoms with Gasteiger partial charge in [0.1, 0.15) is 5.82 Å². The van der Waals surface area contributed by atoms with Crippen molar-refractivity contribution in [1.82, 2.24) is 9.21 Å². The van der Waals surface area contributed by atoms with Gasteiger partial charge in [-0.1, -0.05) is 23.2 Å². The fourth-order valence-electron chi connectivity index (χ4n) is 3.10. The minimum Gasteiger partial charge on any atom is -0.450 e. The molecule has 0 spiro atoms. The molecule has 2 aromatic rings. The zero-order valence-electron chi connectivity index (χ0n) is 17.0. The summed E-state index contributed by atoms with van der Waals surface area (Å²) in [6, 6.07) is 7.45. The van der Waals surface area contributed by atoms with Gasteiger partial charge < -0.3 is 15.0 Å². The molecule has 1 N–H and O–H groups in total. The summed E-state index contributed by atoms with van der Waals surface area (Å²) >= 11 is 11.8. The number of nitrogens with one attached hydrogen (secondary N) is 1. The van der Waals surface area contributed by atoms with Crippen LogP contribution in [0.5, 0.6) is 0 Å². The second-order valence-corrected chi connectivity index (χ2v) is 9.59. The molecule has 2 amide bonds. The third kappa shape index (κ3) is 5.32. The average Bonchev–Trinajstić information content (AvgIpc) is 2.75. The molecule has 0 aromatic heterocycles. The van der Waals surface area contributed by atoms with Gasteiger partial charge in [0.05, 0.1) is 27.8 Å². The van der Waals surface area contributed by atoms with E-state index in [4.69, 9.17) is 27.9 Å². The standard InChI is InChI=1S/C20H20Cl2FN3O5S/c1-2-31-20(28)25-7-9-26(10-8-25)32(29,30)14-4-6-18(17(23)12-14)24-19(27)15-5-3-13(21)11-16(15)22/h3-6,11-12H,2,7-10H2,1H3,(H,24,27). The Morgan fingerprint density at radius 3 is 2.38 bits per heavy atom. The molecule has 0 aliphatic carbocycles. The van der Waals surface area contributed by atoms with Crippen molar-refractivity contribution in [2.45, 2.75) is 11.8 Å². The van der Waals surface area contributed by atoms with Gasteiger partial charge in [-0.25, -0.2) is 17.6 Å². The van der Waals surface area contributed by atoms with Gasteiger partial charge in [0, 0.05) is 31.2 Å². The van der Waals surface area contributed by atoms with E-state index in [-0.39, 0.29) is 54.0 Å². The minimum absolute atomic E-state index is 0.0519. The van der Waals surface area contributed by atoms with E-state index in [1.807, 2.05) is 0 Å². The maximum absolute atomic E-state index is 14.6. The monoisotopic (exact) mass is 503 g/mol. The Balaban J connectivity index is 1.71. The lowest BCUT2D eigenvalue weighted by Crippen LogP contribution is -2.50. The molecule has 0 saturated carbocycles. The zero-order valence-corrected chi connectivity index (χ0v) is 19.3. The van der Waals surface area contributed by atoms with Crippen molar-refractivity contribution >= 4 is 50.9 Å².